The minimum atomic E-state index is -0.726. The molecule has 1 aliphatic heterocycles. The van der Waals surface area contributed by atoms with Crippen molar-refractivity contribution in [3.63, 3.8) is 0 Å². The van der Waals surface area contributed by atoms with Crippen molar-refractivity contribution in [1.29, 1.82) is 0 Å². The summed E-state index contributed by atoms with van der Waals surface area (Å²) < 4.78 is 0. The Labute approximate surface area is 82.6 Å². The minimum absolute atomic E-state index is 0.344. The maximum Gasteiger partial charge on any atom is 0.233 e. The number of fused-ring (bicyclic) bond motifs is 1. The molecule has 2 rings (SSSR count). The average molecular weight is 188 g/mol. The van der Waals surface area contributed by atoms with E-state index in [2.05, 4.69) is 4.99 Å². The Morgan fingerprint density at radius 3 is 2.71 bits per heavy atom. The largest absolute Gasteiger partial charge is 0.369 e. The Morgan fingerprint density at radius 2 is 2.07 bits per heavy atom. The van der Waals surface area contributed by atoms with Crippen molar-refractivity contribution in [3.05, 3.63) is 29.8 Å². The summed E-state index contributed by atoms with van der Waals surface area (Å²) in [6.45, 7) is 3.66. The summed E-state index contributed by atoms with van der Waals surface area (Å²) in [6.07, 6.45) is 0. The number of carbonyl (C=O) groups is 1. The molecule has 0 spiro atoms. The Kier molecular flexibility index (Phi) is 1.71. The second-order valence-corrected chi connectivity index (χ2v) is 3.70. The Bertz CT molecular complexity index is 437. The van der Waals surface area contributed by atoms with Gasteiger partial charge in [0.15, 0.2) is 0 Å². The van der Waals surface area contributed by atoms with Gasteiger partial charge in [-0.15, -0.1) is 0 Å². The van der Waals surface area contributed by atoms with Gasteiger partial charge in [0.25, 0.3) is 0 Å². The van der Waals surface area contributed by atoms with E-state index >= 15 is 0 Å². The van der Waals surface area contributed by atoms with Gasteiger partial charge in [0.2, 0.25) is 5.91 Å². The lowest BCUT2D eigenvalue weighted by Crippen LogP contribution is -2.42. The summed E-state index contributed by atoms with van der Waals surface area (Å²) in [4.78, 5) is 15.8. The van der Waals surface area contributed by atoms with Crippen LogP contribution in [0.25, 0.3) is 0 Å². The summed E-state index contributed by atoms with van der Waals surface area (Å²) >= 11 is 0. The van der Waals surface area contributed by atoms with Crippen molar-refractivity contribution in [1.82, 2.24) is 0 Å². The maximum absolute atomic E-state index is 11.4. The third kappa shape index (κ3) is 0.923. The van der Waals surface area contributed by atoms with E-state index in [-0.39, 0.29) is 5.91 Å². The lowest BCUT2D eigenvalue weighted by atomic mass is 9.79. The highest BCUT2D eigenvalue weighted by atomic mass is 16.1. The molecule has 0 aliphatic carbocycles. The SMILES string of the molecule is CC1=Nc2ccccc2C1(C)C(N)=O. The molecule has 1 aromatic carbocycles. The van der Waals surface area contributed by atoms with E-state index in [1.807, 2.05) is 38.1 Å². The summed E-state index contributed by atoms with van der Waals surface area (Å²) in [7, 11) is 0. The van der Waals surface area contributed by atoms with Crippen molar-refractivity contribution in [2.75, 3.05) is 0 Å². The fraction of sp³-hybridized carbons (Fsp3) is 0.273. The van der Waals surface area contributed by atoms with Gasteiger partial charge in [-0.25, -0.2) is 0 Å². The first kappa shape index (κ1) is 8.94. The molecule has 3 nitrogen and oxygen atoms in total. The van der Waals surface area contributed by atoms with Crippen LogP contribution in [0, 0.1) is 0 Å². The van der Waals surface area contributed by atoms with Gasteiger partial charge in [-0.3, -0.25) is 9.79 Å². The van der Waals surface area contributed by atoms with Crippen LogP contribution in [0.15, 0.2) is 29.3 Å². The van der Waals surface area contributed by atoms with Crippen LogP contribution in [-0.4, -0.2) is 11.6 Å². The number of rotatable bonds is 1. The zero-order valence-corrected chi connectivity index (χ0v) is 8.24. The van der Waals surface area contributed by atoms with Crippen molar-refractivity contribution < 1.29 is 4.79 Å². The van der Waals surface area contributed by atoms with Crippen LogP contribution in [0.1, 0.15) is 19.4 Å². The first-order valence-electron chi connectivity index (χ1n) is 4.52. The van der Waals surface area contributed by atoms with Crippen molar-refractivity contribution in [3.8, 4) is 0 Å². The highest BCUT2D eigenvalue weighted by molar-refractivity contribution is 6.16. The van der Waals surface area contributed by atoms with E-state index in [4.69, 9.17) is 5.73 Å². The van der Waals surface area contributed by atoms with E-state index in [9.17, 15) is 4.79 Å². The summed E-state index contributed by atoms with van der Waals surface area (Å²) in [5, 5.41) is 0. The summed E-state index contributed by atoms with van der Waals surface area (Å²) in [5.74, 6) is -0.344. The number of hydrogen-bond donors (Lipinski definition) is 1. The second kappa shape index (κ2) is 2.67. The summed E-state index contributed by atoms with van der Waals surface area (Å²) in [6, 6.07) is 7.60. The molecule has 1 unspecified atom stereocenters. The Hall–Kier alpha value is -1.64. The lowest BCUT2D eigenvalue weighted by molar-refractivity contribution is -0.120. The molecule has 0 saturated carbocycles. The van der Waals surface area contributed by atoms with E-state index in [1.165, 1.54) is 0 Å². The molecule has 0 radical (unpaired) electrons. The van der Waals surface area contributed by atoms with Crippen LogP contribution in [0.2, 0.25) is 0 Å². The molecule has 0 bridgehead atoms. The number of nitrogens with zero attached hydrogens (tertiary/aromatic N) is 1. The smallest absolute Gasteiger partial charge is 0.233 e. The standard InChI is InChI=1S/C11H12N2O/c1-7-11(2,10(12)14)8-5-3-4-6-9(8)13-7/h3-6H,1-2H3,(H2,12,14). The minimum Gasteiger partial charge on any atom is -0.369 e. The highest BCUT2D eigenvalue weighted by Crippen LogP contribution is 2.39. The van der Waals surface area contributed by atoms with Gasteiger partial charge in [-0.2, -0.15) is 0 Å². The molecule has 1 aromatic rings. The van der Waals surface area contributed by atoms with Crippen LogP contribution in [-0.2, 0) is 10.2 Å². The zero-order valence-electron chi connectivity index (χ0n) is 8.24. The molecule has 1 heterocycles. The monoisotopic (exact) mass is 188 g/mol. The molecule has 0 saturated heterocycles. The zero-order chi connectivity index (χ0) is 10.3. The molecule has 0 aromatic heterocycles. The second-order valence-electron chi connectivity index (χ2n) is 3.70. The van der Waals surface area contributed by atoms with Gasteiger partial charge in [0.05, 0.1) is 5.69 Å². The molecule has 0 fully saturated rings. The topological polar surface area (TPSA) is 55.4 Å². The number of aliphatic imine (C=N–C) groups is 1. The third-order valence-electron chi connectivity index (χ3n) is 2.95. The van der Waals surface area contributed by atoms with Crippen molar-refractivity contribution in [2.45, 2.75) is 19.3 Å². The van der Waals surface area contributed by atoms with Gasteiger partial charge < -0.3 is 5.73 Å². The number of amides is 1. The number of primary amides is 1. The molecule has 14 heavy (non-hydrogen) atoms. The highest BCUT2D eigenvalue weighted by Gasteiger charge is 2.41. The van der Waals surface area contributed by atoms with Crippen molar-refractivity contribution in [2.24, 2.45) is 10.7 Å². The molecule has 1 atom stereocenters. The first-order valence-corrected chi connectivity index (χ1v) is 4.52. The molecule has 2 N–H and O–H groups in total. The van der Waals surface area contributed by atoms with Crippen LogP contribution >= 0.6 is 0 Å². The average Bonchev–Trinajstić information content (AvgIpc) is 2.41. The molecular formula is C11H12N2O. The van der Waals surface area contributed by atoms with Crippen LogP contribution < -0.4 is 5.73 Å². The summed E-state index contributed by atoms with van der Waals surface area (Å²) in [5.41, 5.74) is 7.22. The van der Waals surface area contributed by atoms with Gasteiger partial charge in [0.1, 0.15) is 5.41 Å². The number of benzene rings is 1. The third-order valence-corrected chi connectivity index (χ3v) is 2.95. The fourth-order valence-corrected chi connectivity index (χ4v) is 1.79. The van der Waals surface area contributed by atoms with E-state index in [0.29, 0.717) is 0 Å². The van der Waals surface area contributed by atoms with Gasteiger partial charge in [0, 0.05) is 5.71 Å². The molecule has 1 aliphatic rings. The van der Waals surface area contributed by atoms with Crippen LogP contribution in [0.4, 0.5) is 5.69 Å². The quantitative estimate of drug-likeness (QED) is 0.714. The predicted molar refractivity (Wildman–Crippen MR) is 55.8 cm³/mol. The molecule has 72 valence electrons. The molecule has 3 heteroatoms. The number of nitrogens with two attached hydrogens (primary N) is 1. The fourth-order valence-electron chi connectivity index (χ4n) is 1.79. The van der Waals surface area contributed by atoms with Crippen molar-refractivity contribution >= 4 is 17.3 Å². The predicted octanol–water partition coefficient (Wildman–Crippen LogP) is 1.54. The van der Waals surface area contributed by atoms with E-state index < -0.39 is 5.41 Å². The van der Waals surface area contributed by atoms with E-state index in [1.54, 1.807) is 0 Å². The van der Waals surface area contributed by atoms with E-state index in [0.717, 1.165) is 17.0 Å². The Morgan fingerprint density at radius 1 is 1.43 bits per heavy atom. The first-order chi connectivity index (χ1) is 6.56. The molecular weight excluding hydrogens is 176 g/mol. The van der Waals surface area contributed by atoms with Gasteiger partial charge in [-0.05, 0) is 25.5 Å². The lowest BCUT2D eigenvalue weighted by Gasteiger charge is -2.21. The van der Waals surface area contributed by atoms with Gasteiger partial charge in [-0.1, -0.05) is 18.2 Å². The maximum atomic E-state index is 11.4. The number of para-hydroxylation sites is 1. The Balaban J connectivity index is 2.68. The van der Waals surface area contributed by atoms with Gasteiger partial charge >= 0.3 is 0 Å². The number of carbonyl (C=O) groups excluding carboxylic acids is 1. The normalized spacial score (nSPS) is 24.3. The van der Waals surface area contributed by atoms with Crippen LogP contribution in [0.3, 0.4) is 0 Å². The number of hydrogen-bond acceptors (Lipinski definition) is 2. The molecule has 1 amide bonds. The van der Waals surface area contributed by atoms with Crippen LogP contribution in [0.5, 0.6) is 0 Å².